The number of carbonyl (C=O) groups excluding carboxylic acids is 1. The Balaban J connectivity index is 3.02. The van der Waals surface area contributed by atoms with Crippen molar-refractivity contribution in [2.75, 3.05) is 20.3 Å². The van der Waals surface area contributed by atoms with Gasteiger partial charge in [0.15, 0.2) is 0 Å². The minimum absolute atomic E-state index is 0.00505. The highest BCUT2D eigenvalue weighted by Gasteiger charge is 2.14. The molecular weight excluding hydrogens is 208 g/mol. The lowest BCUT2D eigenvalue weighted by molar-refractivity contribution is 0.0430. The van der Waals surface area contributed by atoms with E-state index in [0.717, 1.165) is 11.1 Å². The zero-order valence-electron chi connectivity index (χ0n) is 9.74. The largest absolute Gasteiger partial charge is 0.496 e. The standard InChI is InChI=1S/C12H16O4/c1-8-6-10(12(14)16-5-4-13)11(15-3)7-9(8)2/h6-7,13H,4-5H2,1-3H3. The van der Waals surface area contributed by atoms with Crippen LogP contribution < -0.4 is 4.74 Å². The summed E-state index contributed by atoms with van der Waals surface area (Å²) in [7, 11) is 1.51. The minimum Gasteiger partial charge on any atom is -0.496 e. The Hall–Kier alpha value is -1.55. The fourth-order valence-electron chi connectivity index (χ4n) is 1.33. The number of methoxy groups -OCH3 is 1. The smallest absolute Gasteiger partial charge is 0.342 e. The number of esters is 1. The molecule has 0 saturated carbocycles. The van der Waals surface area contributed by atoms with Crippen LogP contribution in [-0.4, -0.2) is 31.4 Å². The Morgan fingerprint density at radius 3 is 2.50 bits per heavy atom. The maximum absolute atomic E-state index is 11.6. The van der Waals surface area contributed by atoms with Crippen molar-refractivity contribution in [3.8, 4) is 5.75 Å². The van der Waals surface area contributed by atoms with Gasteiger partial charge in [0.25, 0.3) is 0 Å². The monoisotopic (exact) mass is 224 g/mol. The van der Waals surface area contributed by atoms with E-state index in [1.165, 1.54) is 7.11 Å². The van der Waals surface area contributed by atoms with Crippen LogP contribution in [-0.2, 0) is 4.74 Å². The summed E-state index contributed by atoms with van der Waals surface area (Å²) in [5, 5.41) is 8.58. The topological polar surface area (TPSA) is 55.8 Å². The first-order chi connectivity index (χ1) is 7.60. The summed E-state index contributed by atoms with van der Waals surface area (Å²) >= 11 is 0. The lowest BCUT2D eigenvalue weighted by Crippen LogP contribution is -2.10. The third-order valence-corrected chi connectivity index (χ3v) is 2.36. The summed E-state index contributed by atoms with van der Waals surface area (Å²) in [5.41, 5.74) is 2.44. The molecule has 4 heteroatoms. The lowest BCUT2D eigenvalue weighted by Gasteiger charge is -2.10. The number of aliphatic hydroxyl groups excluding tert-OH is 1. The molecule has 0 heterocycles. The van der Waals surface area contributed by atoms with Crippen LogP contribution in [0.2, 0.25) is 0 Å². The molecule has 16 heavy (non-hydrogen) atoms. The van der Waals surface area contributed by atoms with E-state index in [1.807, 2.05) is 13.8 Å². The summed E-state index contributed by atoms with van der Waals surface area (Å²) in [6, 6.07) is 3.53. The molecule has 1 rings (SSSR count). The van der Waals surface area contributed by atoms with Crippen LogP contribution in [0.25, 0.3) is 0 Å². The van der Waals surface area contributed by atoms with Gasteiger partial charge in [0.2, 0.25) is 0 Å². The summed E-state index contributed by atoms with van der Waals surface area (Å²) in [6.07, 6.45) is 0. The first-order valence-corrected chi connectivity index (χ1v) is 5.03. The van der Waals surface area contributed by atoms with Crippen molar-refractivity contribution in [3.05, 3.63) is 28.8 Å². The van der Waals surface area contributed by atoms with Crippen LogP contribution in [0.3, 0.4) is 0 Å². The van der Waals surface area contributed by atoms with Gasteiger partial charge in [0.1, 0.15) is 17.9 Å². The van der Waals surface area contributed by atoms with E-state index in [1.54, 1.807) is 12.1 Å². The third kappa shape index (κ3) is 2.73. The van der Waals surface area contributed by atoms with Gasteiger partial charge < -0.3 is 14.6 Å². The van der Waals surface area contributed by atoms with E-state index in [0.29, 0.717) is 11.3 Å². The third-order valence-electron chi connectivity index (χ3n) is 2.36. The summed E-state index contributed by atoms with van der Waals surface area (Å²) in [4.78, 5) is 11.6. The molecule has 0 aliphatic heterocycles. The summed E-state index contributed by atoms with van der Waals surface area (Å²) < 4.78 is 9.96. The highest BCUT2D eigenvalue weighted by atomic mass is 16.5. The van der Waals surface area contributed by atoms with Crippen LogP contribution in [0.15, 0.2) is 12.1 Å². The van der Waals surface area contributed by atoms with Crippen molar-refractivity contribution >= 4 is 5.97 Å². The van der Waals surface area contributed by atoms with Gasteiger partial charge in [-0.05, 0) is 37.1 Å². The quantitative estimate of drug-likeness (QED) is 0.787. The Labute approximate surface area is 94.8 Å². The summed E-state index contributed by atoms with van der Waals surface area (Å²) in [6.45, 7) is 3.67. The molecule has 0 radical (unpaired) electrons. The molecule has 0 aromatic heterocycles. The zero-order valence-corrected chi connectivity index (χ0v) is 9.74. The van der Waals surface area contributed by atoms with Crippen LogP contribution in [0.4, 0.5) is 0 Å². The molecule has 0 bridgehead atoms. The molecular formula is C12H16O4. The molecule has 1 aromatic carbocycles. The van der Waals surface area contributed by atoms with Crippen molar-refractivity contribution in [2.45, 2.75) is 13.8 Å². The van der Waals surface area contributed by atoms with Crippen molar-refractivity contribution in [2.24, 2.45) is 0 Å². The molecule has 0 fully saturated rings. The first-order valence-electron chi connectivity index (χ1n) is 5.03. The van der Waals surface area contributed by atoms with Gasteiger partial charge in [0, 0.05) is 0 Å². The second kappa shape index (κ2) is 5.51. The van der Waals surface area contributed by atoms with Crippen molar-refractivity contribution in [1.82, 2.24) is 0 Å². The molecule has 88 valence electrons. The van der Waals surface area contributed by atoms with Gasteiger partial charge in [-0.2, -0.15) is 0 Å². The highest BCUT2D eigenvalue weighted by molar-refractivity contribution is 5.93. The molecule has 4 nitrogen and oxygen atoms in total. The number of rotatable bonds is 4. The second-order valence-electron chi connectivity index (χ2n) is 3.50. The molecule has 0 amide bonds. The predicted octanol–water partition coefficient (Wildman–Crippen LogP) is 1.46. The van der Waals surface area contributed by atoms with Gasteiger partial charge in [0.05, 0.1) is 13.7 Å². The number of carbonyl (C=O) groups is 1. The molecule has 0 aliphatic carbocycles. The van der Waals surface area contributed by atoms with Gasteiger partial charge in [-0.15, -0.1) is 0 Å². The van der Waals surface area contributed by atoms with Gasteiger partial charge in [-0.3, -0.25) is 0 Å². The van der Waals surface area contributed by atoms with E-state index in [2.05, 4.69) is 0 Å². The SMILES string of the molecule is COc1cc(C)c(C)cc1C(=O)OCCO. The Kier molecular flexibility index (Phi) is 4.31. The molecule has 0 saturated heterocycles. The first kappa shape index (κ1) is 12.5. The van der Waals surface area contributed by atoms with E-state index in [4.69, 9.17) is 14.6 Å². The maximum atomic E-state index is 11.6. The number of hydrogen-bond donors (Lipinski definition) is 1. The Morgan fingerprint density at radius 1 is 1.31 bits per heavy atom. The fraction of sp³-hybridized carbons (Fsp3) is 0.417. The number of aryl methyl sites for hydroxylation is 2. The maximum Gasteiger partial charge on any atom is 0.342 e. The second-order valence-corrected chi connectivity index (χ2v) is 3.50. The number of hydrogen-bond acceptors (Lipinski definition) is 4. The Bertz CT molecular complexity index is 385. The van der Waals surface area contributed by atoms with Crippen LogP contribution in [0.5, 0.6) is 5.75 Å². The number of benzene rings is 1. The average Bonchev–Trinajstić information content (AvgIpc) is 2.28. The molecule has 0 unspecified atom stereocenters. The van der Waals surface area contributed by atoms with Gasteiger partial charge >= 0.3 is 5.97 Å². The van der Waals surface area contributed by atoms with E-state index in [-0.39, 0.29) is 13.2 Å². The molecule has 0 atom stereocenters. The molecule has 0 spiro atoms. The van der Waals surface area contributed by atoms with Crippen LogP contribution >= 0.6 is 0 Å². The highest BCUT2D eigenvalue weighted by Crippen LogP contribution is 2.23. The normalized spacial score (nSPS) is 10.0. The van der Waals surface area contributed by atoms with E-state index < -0.39 is 5.97 Å². The molecule has 1 N–H and O–H groups in total. The lowest BCUT2D eigenvalue weighted by atomic mass is 10.1. The van der Waals surface area contributed by atoms with E-state index in [9.17, 15) is 4.79 Å². The van der Waals surface area contributed by atoms with E-state index >= 15 is 0 Å². The summed E-state index contributed by atoms with van der Waals surface area (Å²) in [5.74, 6) is 0.0139. The van der Waals surface area contributed by atoms with Crippen molar-refractivity contribution in [3.63, 3.8) is 0 Å². The van der Waals surface area contributed by atoms with Gasteiger partial charge in [-0.25, -0.2) is 4.79 Å². The average molecular weight is 224 g/mol. The Morgan fingerprint density at radius 2 is 1.94 bits per heavy atom. The number of ether oxygens (including phenoxy) is 2. The molecule has 1 aromatic rings. The van der Waals surface area contributed by atoms with Crippen LogP contribution in [0.1, 0.15) is 21.5 Å². The zero-order chi connectivity index (χ0) is 12.1. The minimum atomic E-state index is -0.478. The predicted molar refractivity (Wildman–Crippen MR) is 59.8 cm³/mol. The fourth-order valence-corrected chi connectivity index (χ4v) is 1.33. The van der Waals surface area contributed by atoms with Crippen molar-refractivity contribution < 1.29 is 19.4 Å². The van der Waals surface area contributed by atoms with Gasteiger partial charge in [-0.1, -0.05) is 0 Å². The number of aliphatic hydroxyl groups is 1. The molecule has 0 aliphatic rings. The van der Waals surface area contributed by atoms with Crippen LogP contribution in [0, 0.1) is 13.8 Å². The van der Waals surface area contributed by atoms with Crippen molar-refractivity contribution in [1.29, 1.82) is 0 Å².